The number of hydrogen-bond acceptors (Lipinski definition) is 3. The number of benzene rings is 2. The van der Waals surface area contributed by atoms with Gasteiger partial charge in [0.15, 0.2) is 0 Å². The fraction of sp³-hybridized carbons (Fsp3) is 0.167. The molecule has 1 N–H and O–H groups in total. The normalized spacial score (nSPS) is 11.6. The maximum atomic E-state index is 12.6. The predicted octanol–water partition coefficient (Wildman–Crippen LogP) is 3.37. The molecule has 2 aromatic carbocycles. The Morgan fingerprint density at radius 2 is 1.88 bits per heavy atom. The van der Waals surface area contributed by atoms with E-state index in [4.69, 9.17) is 11.6 Å². The van der Waals surface area contributed by atoms with Crippen molar-refractivity contribution in [1.82, 2.24) is 14.5 Å². The van der Waals surface area contributed by atoms with Crippen molar-refractivity contribution in [2.75, 3.05) is 0 Å². The van der Waals surface area contributed by atoms with Gasteiger partial charge >= 0.3 is 0 Å². The third-order valence-electron chi connectivity index (χ3n) is 3.84. The second-order valence-electron chi connectivity index (χ2n) is 5.73. The minimum Gasteiger partial charge on any atom is -0.268 e. The summed E-state index contributed by atoms with van der Waals surface area (Å²) in [5, 5.41) is 4.41. The van der Waals surface area contributed by atoms with E-state index in [0.717, 1.165) is 16.7 Å². The van der Waals surface area contributed by atoms with Crippen LogP contribution in [0.5, 0.6) is 0 Å². The van der Waals surface area contributed by atoms with Crippen molar-refractivity contribution in [3.63, 3.8) is 0 Å². The summed E-state index contributed by atoms with van der Waals surface area (Å²) in [7, 11) is -3.69. The van der Waals surface area contributed by atoms with Crippen molar-refractivity contribution >= 4 is 21.6 Å². The molecule has 0 aliphatic heterocycles. The summed E-state index contributed by atoms with van der Waals surface area (Å²) in [5.41, 5.74) is 2.81. The molecule has 1 heterocycles. The molecule has 1 aromatic heterocycles. The number of sulfonamides is 1. The monoisotopic (exact) mass is 375 g/mol. The van der Waals surface area contributed by atoms with Gasteiger partial charge in [0.25, 0.3) is 0 Å². The quantitative estimate of drug-likeness (QED) is 0.718. The highest BCUT2D eigenvalue weighted by Gasteiger charge is 2.18. The number of rotatable bonds is 6. The Morgan fingerprint density at radius 1 is 1.12 bits per heavy atom. The SMILES string of the molecule is Cc1ccc(S(=O)(=O)NCc2ccccc2Cn2cccn2)c(Cl)c1. The molecule has 0 saturated heterocycles. The number of aromatic nitrogens is 2. The zero-order chi connectivity index (χ0) is 17.9. The lowest BCUT2D eigenvalue weighted by Gasteiger charge is -2.12. The summed E-state index contributed by atoms with van der Waals surface area (Å²) in [6.07, 6.45) is 3.58. The molecule has 3 aromatic rings. The summed E-state index contributed by atoms with van der Waals surface area (Å²) >= 11 is 6.09. The Morgan fingerprint density at radius 3 is 2.56 bits per heavy atom. The largest absolute Gasteiger partial charge is 0.268 e. The van der Waals surface area contributed by atoms with E-state index in [0.29, 0.717) is 6.54 Å². The van der Waals surface area contributed by atoms with Crippen molar-refractivity contribution < 1.29 is 8.42 Å². The van der Waals surface area contributed by atoms with E-state index in [9.17, 15) is 8.42 Å². The molecule has 0 aliphatic rings. The molecular weight excluding hydrogens is 358 g/mol. The van der Waals surface area contributed by atoms with Crippen LogP contribution in [0.15, 0.2) is 65.8 Å². The van der Waals surface area contributed by atoms with Crippen molar-refractivity contribution in [2.45, 2.75) is 24.9 Å². The molecule has 25 heavy (non-hydrogen) atoms. The van der Waals surface area contributed by atoms with Gasteiger partial charge < -0.3 is 0 Å². The fourth-order valence-corrected chi connectivity index (χ4v) is 4.13. The molecule has 5 nitrogen and oxygen atoms in total. The molecule has 0 radical (unpaired) electrons. The average Bonchev–Trinajstić information content (AvgIpc) is 3.07. The van der Waals surface area contributed by atoms with Gasteiger partial charge in [0.2, 0.25) is 10.0 Å². The van der Waals surface area contributed by atoms with Gasteiger partial charge in [-0.05, 0) is 41.8 Å². The first-order valence-electron chi connectivity index (χ1n) is 7.76. The summed E-state index contributed by atoms with van der Waals surface area (Å²) < 4.78 is 29.5. The third-order valence-corrected chi connectivity index (χ3v) is 5.72. The van der Waals surface area contributed by atoms with Gasteiger partial charge in [0.1, 0.15) is 4.90 Å². The van der Waals surface area contributed by atoms with E-state index in [1.165, 1.54) is 6.07 Å². The highest BCUT2D eigenvalue weighted by Crippen LogP contribution is 2.22. The lowest BCUT2D eigenvalue weighted by Crippen LogP contribution is -2.24. The lowest BCUT2D eigenvalue weighted by molar-refractivity contribution is 0.580. The molecule has 0 aliphatic carbocycles. The van der Waals surface area contributed by atoms with Crippen LogP contribution >= 0.6 is 11.6 Å². The molecule has 3 rings (SSSR count). The summed E-state index contributed by atoms with van der Waals surface area (Å²) in [4.78, 5) is 0.0873. The van der Waals surface area contributed by atoms with E-state index in [1.54, 1.807) is 23.0 Å². The molecule has 0 saturated carbocycles. The van der Waals surface area contributed by atoms with Gasteiger partial charge in [-0.3, -0.25) is 4.68 Å². The summed E-state index contributed by atoms with van der Waals surface area (Å²) in [6.45, 7) is 2.63. The number of nitrogens with zero attached hydrogens (tertiary/aromatic N) is 2. The third kappa shape index (κ3) is 4.28. The van der Waals surface area contributed by atoms with E-state index < -0.39 is 10.0 Å². The van der Waals surface area contributed by atoms with Crippen LogP contribution in [0.25, 0.3) is 0 Å². The van der Waals surface area contributed by atoms with Crippen LogP contribution < -0.4 is 4.72 Å². The molecule has 130 valence electrons. The number of nitrogens with one attached hydrogen (secondary N) is 1. The zero-order valence-corrected chi connectivity index (χ0v) is 15.3. The van der Waals surface area contributed by atoms with Gasteiger partial charge in [-0.15, -0.1) is 0 Å². The molecule has 7 heteroatoms. The molecule has 0 bridgehead atoms. The van der Waals surface area contributed by atoms with Gasteiger partial charge in [0, 0.05) is 18.9 Å². The topological polar surface area (TPSA) is 64.0 Å². The standard InChI is InChI=1S/C18H18ClN3O2S/c1-14-7-8-18(17(19)11-14)25(23,24)21-12-15-5-2-3-6-16(15)13-22-10-4-9-20-22/h2-11,21H,12-13H2,1H3. The fourth-order valence-electron chi connectivity index (χ4n) is 2.53. The molecule has 0 fully saturated rings. The van der Waals surface area contributed by atoms with Crippen molar-refractivity contribution in [3.8, 4) is 0 Å². The molecule has 0 unspecified atom stereocenters. The van der Waals surface area contributed by atoms with Gasteiger partial charge in [-0.25, -0.2) is 13.1 Å². The van der Waals surface area contributed by atoms with Crippen LogP contribution in [0.4, 0.5) is 0 Å². The molecule has 0 atom stereocenters. The van der Waals surface area contributed by atoms with Crippen molar-refractivity contribution in [3.05, 3.63) is 82.6 Å². The van der Waals surface area contributed by atoms with Crippen LogP contribution in [-0.2, 0) is 23.1 Å². The van der Waals surface area contributed by atoms with Crippen LogP contribution in [0, 0.1) is 6.92 Å². The Balaban J connectivity index is 1.79. The first-order chi connectivity index (χ1) is 12.0. The van der Waals surface area contributed by atoms with Gasteiger partial charge in [0.05, 0.1) is 11.6 Å². The summed E-state index contributed by atoms with van der Waals surface area (Å²) in [5.74, 6) is 0. The van der Waals surface area contributed by atoms with Crippen molar-refractivity contribution in [2.24, 2.45) is 0 Å². The van der Waals surface area contributed by atoms with E-state index in [-0.39, 0.29) is 16.5 Å². The molecule has 0 spiro atoms. The highest BCUT2D eigenvalue weighted by molar-refractivity contribution is 7.89. The van der Waals surface area contributed by atoms with Crippen molar-refractivity contribution in [1.29, 1.82) is 0 Å². The second kappa shape index (κ2) is 7.39. The average molecular weight is 376 g/mol. The van der Waals surface area contributed by atoms with Gasteiger partial charge in [-0.2, -0.15) is 5.10 Å². The van der Waals surface area contributed by atoms with E-state index in [1.807, 2.05) is 43.5 Å². The molecule has 0 amide bonds. The van der Waals surface area contributed by atoms with Crippen LogP contribution in [-0.4, -0.2) is 18.2 Å². The first kappa shape index (κ1) is 17.7. The molecular formula is C18H18ClN3O2S. The second-order valence-corrected chi connectivity index (χ2v) is 7.87. The Bertz CT molecular complexity index is 970. The smallest absolute Gasteiger partial charge is 0.242 e. The number of aryl methyl sites for hydroxylation is 1. The Hall–Kier alpha value is -2.15. The maximum Gasteiger partial charge on any atom is 0.242 e. The number of halogens is 1. The van der Waals surface area contributed by atoms with Crippen LogP contribution in [0.3, 0.4) is 0 Å². The minimum absolute atomic E-state index is 0.0873. The highest BCUT2D eigenvalue weighted by atomic mass is 35.5. The lowest BCUT2D eigenvalue weighted by atomic mass is 10.1. The van der Waals surface area contributed by atoms with Crippen LogP contribution in [0.1, 0.15) is 16.7 Å². The predicted molar refractivity (Wildman–Crippen MR) is 98.0 cm³/mol. The van der Waals surface area contributed by atoms with E-state index in [2.05, 4.69) is 9.82 Å². The van der Waals surface area contributed by atoms with Gasteiger partial charge in [-0.1, -0.05) is 41.9 Å². The Kier molecular flexibility index (Phi) is 5.22. The summed E-state index contributed by atoms with van der Waals surface area (Å²) in [6, 6.07) is 14.4. The van der Waals surface area contributed by atoms with Crippen LogP contribution in [0.2, 0.25) is 5.02 Å². The minimum atomic E-state index is -3.69. The Labute approximate surface area is 152 Å². The van der Waals surface area contributed by atoms with E-state index >= 15 is 0 Å². The first-order valence-corrected chi connectivity index (χ1v) is 9.62. The number of hydrogen-bond donors (Lipinski definition) is 1. The zero-order valence-electron chi connectivity index (χ0n) is 13.7. The maximum absolute atomic E-state index is 12.6.